The van der Waals surface area contributed by atoms with Crippen LogP contribution in [0.2, 0.25) is 0 Å². The van der Waals surface area contributed by atoms with E-state index in [-0.39, 0.29) is 34.2 Å². The number of aliphatic hydroxyl groups is 3. The Hall–Kier alpha value is -0.420. The summed E-state index contributed by atoms with van der Waals surface area (Å²) in [5.74, 6) is 1.26. The van der Waals surface area contributed by atoms with Crippen LogP contribution >= 0.6 is 0 Å². The van der Waals surface area contributed by atoms with E-state index in [1.54, 1.807) is 0 Å². The standard InChI is InChI=1S/C22H33NO3/c1-4-23-10-20(3)6-5-17(25)22-15(20)7-13(18(22)23)21-9-12(11(2)19(21)26)14(24)8-16(21)22/h12-19,24-26H,2,4-10H2,1,3H3/t12-,13?,14-,15-,16-,17+,18-,19-,20+,21+,22+/m0/s1. The zero-order valence-electron chi connectivity index (χ0n) is 16.1. The Bertz CT molecular complexity index is 695. The number of rotatable bonds is 1. The van der Waals surface area contributed by atoms with E-state index in [0.717, 1.165) is 50.8 Å². The molecular weight excluding hydrogens is 326 g/mol. The van der Waals surface area contributed by atoms with Crippen molar-refractivity contribution in [2.45, 2.75) is 70.3 Å². The van der Waals surface area contributed by atoms with Crippen LogP contribution in [0.5, 0.6) is 0 Å². The van der Waals surface area contributed by atoms with Crippen LogP contribution in [-0.2, 0) is 0 Å². The van der Waals surface area contributed by atoms with Gasteiger partial charge in [-0.2, -0.15) is 0 Å². The highest BCUT2D eigenvalue weighted by atomic mass is 16.3. The molecule has 5 aliphatic carbocycles. The van der Waals surface area contributed by atoms with E-state index in [4.69, 9.17) is 0 Å². The van der Waals surface area contributed by atoms with Gasteiger partial charge in [0.05, 0.1) is 18.3 Å². The lowest BCUT2D eigenvalue weighted by Crippen LogP contribution is -2.68. The van der Waals surface area contributed by atoms with Crippen LogP contribution in [0.25, 0.3) is 0 Å². The molecule has 26 heavy (non-hydrogen) atoms. The van der Waals surface area contributed by atoms with Crippen molar-refractivity contribution in [2.24, 2.45) is 39.9 Å². The summed E-state index contributed by atoms with van der Waals surface area (Å²) in [7, 11) is 0. The summed E-state index contributed by atoms with van der Waals surface area (Å²) >= 11 is 0. The maximum absolute atomic E-state index is 11.5. The topological polar surface area (TPSA) is 63.9 Å². The second kappa shape index (κ2) is 4.59. The van der Waals surface area contributed by atoms with Gasteiger partial charge in [-0.05, 0) is 67.4 Å². The van der Waals surface area contributed by atoms with Crippen molar-refractivity contribution in [2.75, 3.05) is 13.1 Å². The van der Waals surface area contributed by atoms with Crippen LogP contribution in [0.4, 0.5) is 0 Å². The van der Waals surface area contributed by atoms with E-state index in [1.807, 2.05) is 0 Å². The summed E-state index contributed by atoms with van der Waals surface area (Å²) in [6, 6.07) is 0.373. The number of likely N-dealkylation sites (tertiary alicyclic amines) is 1. The van der Waals surface area contributed by atoms with Gasteiger partial charge >= 0.3 is 0 Å². The summed E-state index contributed by atoms with van der Waals surface area (Å²) in [5, 5.41) is 33.8. The van der Waals surface area contributed by atoms with E-state index < -0.39 is 12.2 Å². The van der Waals surface area contributed by atoms with Crippen molar-refractivity contribution in [3.63, 3.8) is 0 Å². The molecule has 1 saturated heterocycles. The van der Waals surface area contributed by atoms with Crippen molar-refractivity contribution in [1.29, 1.82) is 0 Å². The Kier molecular flexibility index (Phi) is 2.92. The third-order valence-electron chi connectivity index (χ3n) is 10.6. The summed E-state index contributed by atoms with van der Waals surface area (Å²) in [6.45, 7) is 11.1. The average Bonchev–Trinajstić information content (AvgIpc) is 3.14. The van der Waals surface area contributed by atoms with E-state index in [0.29, 0.717) is 17.9 Å². The van der Waals surface area contributed by atoms with Crippen molar-refractivity contribution < 1.29 is 15.3 Å². The van der Waals surface area contributed by atoms with Gasteiger partial charge in [0.15, 0.2) is 0 Å². The number of aliphatic hydroxyl groups excluding tert-OH is 3. The van der Waals surface area contributed by atoms with Crippen molar-refractivity contribution in [3.8, 4) is 0 Å². The van der Waals surface area contributed by atoms with Gasteiger partial charge in [0.25, 0.3) is 0 Å². The second-order valence-electron chi connectivity index (χ2n) is 10.9. The fraction of sp³-hybridized carbons (Fsp3) is 0.909. The SMILES string of the molecule is C=C1[C@@H]2C[C@]3(C4C[C@H]5[C@]6(C)CC[C@@H](O)[C@]5([C@H]4N(CC)C6)[C@H]3C[C@@H]2O)[C@H]1O. The molecule has 0 aromatic heterocycles. The number of hydrogen-bond donors (Lipinski definition) is 3. The Balaban J connectivity index is 1.61. The van der Waals surface area contributed by atoms with Crippen molar-refractivity contribution >= 4 is 0 Å². The fourth-order valence-electron chi connectivity index (χ4n) is 9.97. The van der Waals surface area contributed by atoms with Gasteiger partial charge in [-0.15, -0.1) is 0 Å². The molecule has 0 radical (unpaired) electrons. The summed E-state index contributed by atoms with van der Waals surface area (Å²) in [4.78, 5) is 2.65. The number of fused-ring (bicyclic) bond motifs is 1. The van der Waals surface area contributed by atoms with E-state index in [9.17, 15) is 15.3 Å². The molecule has 4 nitrogen and oxygen atoms in total. The third-order valence-corrected chi connectivity index (χ3v) is 10.6. The van der Waals surface area contributed by atoms with Crippen molar-refractivity contribution in [1.82, 2.24) is 4.90 Å². The molecule has 6 rings (SSSR count). The summed E-state index contributed by atoms with van der Waals surface area (Å²) < 4.78 is 0. The first-order chi connectivity index (χ1) is 12.3. The van der Waals surface area contributed by atoms with Crippen LogP contribution in [0.1, 0.15) is 46.0 Å². The highest BCUT2D eigenvalue weighted by Gasteiger charge is 2.85. The minimum atomic E-state index is -0.500. The minimum Gasteiger partial charge on any atom is -0.392 e. The molecular formula is C22H33NO3. The first-order valence-corrected chi connectivity index (χ1v) is 10.8. The third kappa shape index (κ3) is 1.37. The molecule has 0 aromatic rings. The maximum atomic E-state index is 11.5. The normalized spacial score (nSPS) is 65.5. The second-order valence-corrected chi connectivity index (χ2v) is 10.9. The molecule has 5 saturated carbocycles. The Morgan fingerprint density at radius 3 is 2.69 bits per heavy atom. The Morgan fingerprint density at radius 2 is 1.96 bits per heavy atom. The van der Waals surface area contributed by atoms with Crippen LogP contribution in [0, 0.1) is 39.9 Å². The van der Waals surface area contributed by atoms with E-state index >= 15 is 0 Å². The molecule has 4 heteroatoms. The fourth-order valence-corrected chi connectivity index (χ4v) is 9.97. The van der Waals surface area contributed by atoms with Crippen LogP contribution in [-0.4, -0.2) is 57.7 Å². The van der Waals surface area contributed by atoms with E-state index in [1.165, 1.54) is 0 Å². The first-order valence-electron chi connectivity index (χ1n) is 10.8. The van der Waals surface area contributed by atoms with E-state index in [2.05, 4.69) is 25.3 Å². The summed E-state index contributed by atoms with van der Waals surface area (Å²) in [6.07, 6.45) is 3.58. The minimum absolute atomic E-state index is 0.0547. The predicted octanol–water partition coefficient (Wildman–Crippen LogP) is 1.79. The van der Waals surface area contributed by atoms with Gasteiger partial charge in [-0.1, -0.05) is 20.4 Å². The molecule has 2 spiro atoms. The summed E-state index contributed by atoms with van der Waals surface area (Å²) in [5.41, 5.74) is 0.849. The van der Waals surface area contributed by atoms with Gasteiger partial charge < -0.3 is 15.3 Å². The Morgan fingerprint density at radius 1 is 1.19 bits per heavy atom. The van der Waals surface area contributed by atoms with Gasteiger partial charge in [-0.3, -0.25) is 4.90 Å². The largest absolute Gasteiger partial charge is 0.392 e. The monoisotopic (exact) mass is 359 g/mol. The zero-order chi connectivity index (χ0) is 18.2. The number of piperidine rings is 1. The quantitative estimate of drug-likeness (QED) is 0.625. The molecule has 1 unspecified atom stereocenters. The smallest absolute Gasteiger partial charge is 0.0813 e. The predicted molar refractivity (Wildman–Crippen MR) is 98.2 cm³/mol. The van der Waals surface area contributed by atoms with Gasteiger partial charge in [0.1, 0.15) is 0 Å². The molecule has 0 amide bonds. The highest BCUT2D eigenvalue weighted by Crippen LogP contribution is 2.83. The Labute approximate surface area is 156 Å². The van der Waals surface area contributed by atoms with Gasteiger partial charge in [-0.25, -0.2) is 0 Å². The van der Waals surface area contributed by atoms with Crippen LogP contribution in [0.3, 0.4) is 0 Å². The average molecular weight is 360 g/mol. The molecule has 144 valence electrons. The van der Waals surface area contributed by atoms with Crippen LogP contribution < -0.4 is 0 Å². The number of nitrogens with zero attached hydrogens (tertiary/aromatic N) is 1. The number of hydrogen-bond acceptors (Lipinski definition) is 4. The zero-order valence-corrected chi connectivity index (χ0v) is 16.1. The molecule has 11 atom stereocenters. The molecule has 3 N–H and O–H groups in total. The molecule has 7 bridgehead atoms. The molecule has 1 aliphatic heterocycles. The molecule has 6 aliphatic rings. The molecule has 6 fully saturated rings. The lowest BCUT2D eigenvalue weighted by molar-refractivity contribution is -0.218. The maximum Gasteiger partial charge on any atom is 0.0813 e. The van der Waals surface area contributed by atoms with Gasteiger partial charge in [0, 0.05) is 29.3 Å². The lowest BCUT2D eigenvalue weighted by Gasteiger charge is -2.65. The van der Waals surface area contributed by atoms with Crippen molar-refractivity contribution in [3.05, 3.63) is 12.2 Å². The molecule has 0 aromatic carbocycles. The lowest BCUT2D eigenvalue weighted by atomic mass is 9.43. The van der Waals surface area contributed by atoms with Gasteiger partial charge in [0.2, 0.25) is 0 Å². The van der Waals surface area contributed by atoms with Crippen LogP contribution in [0.15, 0.2) is 12.2 Å². The molecule has 1 heterocycles. The first kappa shape index (κ1) is 16.5. The highest BCUT2D eigenvalue weighted by molar-refractivity contribution is 5.39.